The van der Waals surface area contributed by atoms with Gasteiger partial charge in [-0.25, -0.2) is 0 Å². The molecule has 0 aromatic heterocycles. The Balaban J connectivity index is 1.67. The second-order valence-electron chi connectivity index (χ2n) is 6.34. The number of hydrogen-bond donors (Lipinski definition) is 3. The third-order valence-corrected chi connectivity index (χ3v) is 4.42. The predicted octanol–water partition coefficient (Wildman–Crippen LogP) is 3.66. The van der Waals surface area contributed by atoms with Crippen LogP contribution in [0, 0.1) is 0 Å². The molecule has 7 nitrogen and oxygen atoms in total. The lowest BCUT2D eigenvalue weighted by Gasteiger charge is -2.10. The second-order valence-corrected chi connectivity index (χ2v) is 7.19. The highest BCUT2D eigenvalue weighted by Crippen LogP contribution is 2.27. The molecule has 3 amide bonds. The van der Waals surface area contributed by atoms with Crippen LogP contribution in [0.5, 0.6) is 5.75 Å². The monoisotopic (exact) mass is 451 g/mol. The van der Waals surface area contributed by atoms with Gasteiger partial charge < -0.3 is 20.7 Å². The van der Waals surface area contributed by atoms with Crippen LogP contribution in [0.25, 0.3) is 0 Å². The summed E-state index contributed by atoms with van der Waals surface area (Å²) in [5.74, 6) is -0.325. The van der Waals surface area contributed by atoms with Crippen LogP contribution in [0.4, 0.5) is 5.69 Å². The molecule has 9 heteroatoms. The first-order valence-electron chi connectivity index (χ1n) is 9.41. The lowest BCUT2D eigenvalue weighted by atomic mass is 10.2. The molecule has 0 saturated carbocycles. The average Bonchev–Trinajstić information content (AvgIpc) is 2.71. The van der Waals surface area contributed by atoms with E-state index in [9.17, 15) is 14.4 Å². The van der Waals surface area contributed by atoms with Gasteiger partial charge in [0.2, 0.25) is 5.91 Å². The van der Waals surface area contributed by atoms with Gasteiger partial charge >= 0.3 is 0 Å². The second kappa shape index (κ2) is 12.0. The van der Waals surface area contributed by atoms with E-state index >= 15 is 0 Å². The number of halogens is 2. The van der Waals surface area contributed by atoms with Crippen LogP contribution in [-0.2, 0) is 9.59 Å². The molecule has 2 aromatic carbocycles. The Morgan fingerprint density at radius 2 is 1.63 bits per heavy atom. The average molecular weight is 452 g/mol. The fraction of sp³-hybridized carbons (Fsp3) is 0.286. The molecule has 0 radical (unpaired) electrons. The van der Waals surface area contributed by atoms with Crippen molar-refractivity contribution in [2.45, 2.75) is 19.8 Å². The van der Waals surface area contributed by atoms with Crippen molar-refractivity contribution in [1.82, 2.24) is 10.6 Å². The molecule has 0 aliphatic heterocycles. The van der Waals surface area contributed by atoms with Crippen LogP contribution < -0.4 is 20.7 Å². The van der Waals surface area contributed by atoms with Gasteiger partial charge in [0.05, 0.1) is 5.02 Å². The molecule has 0 aliphatic rings. The number of amides is 3. The van der Waals surface area contributed by atoms with Gasteiger partial charge in [-0.2, -0.15) is 0 Å². The van der Waals surface area contributed by atoms with Crippen molar-refractivity contribution >= 4 is 46.6 Å². The molecule has 0 fully saturated rings. The van der Waals surface area contributed by atoms with Crippen LogP contribution in [0.3, 0.4) is 0 Å². The van der Waals surface area contributed by atoms with Crippen LogP contribution in [0.1, 0.15) is 30.1 Å². The first-order valence-corrected chi connectivity index (χ1v) is 10.2. The Morgan fingerprint density at radius 1 is 0.933 bits per heavy atom. The van der Waals surface area contributed by atoms with Gasteiger partial charge in [0.1, 0.15) is 5.75 Å². The molecule has 160 valence electrons. The van der Waals surface area contributed by atoms with E-state index in [2.05, 4.69) is 16.0 Å². The molecule has 2 rings (SSSR count). The zero-order chi connectivity index (χ0) is 21.9. The molecule has 0 aliphatic carbocycles. The van der Waals surface area contributed by atoms with Gasteiger partial charge in [-0.1, -0.05) is 30.1 Å². The number of anilines is 1. The summed E-state index contributed by atoms with van der Waals surface area (Å²) < 4.78 is 5.33. The summed E-state index contributed by atoms with van der Waals surface area (Å²) in [6, 6.07) is 11.3. The van der Waals surface area contributed by atoms with E-state index in [1.807, 2.05) is 6.92 Å². The van der Waals surface area contributed by atoms with E-state index in [0.29, 0.717) is 33.5 Å². The number of carbonyl (C=O) groups excluding carboxylic acids is 3. The normalized spacial score (nSPS) is 10.2. The highest BCUT2D eigenvalue weighted by molar-refractivity contribution is 6.35. The standard InChI is InChI=1S/C21H23Cl2N3O4/c1-2-3-19(27)26-16-7-4-14(5-8-16)21(29)25-11-10-24-20(28)13-30-18-9-6-15(22)12-17(18)23/h4-9,12H,2-3,10-11,13H2,1H3,(H,24,28)(H,25,29)(H,26,27). The molecular formula is C21H23Cl2N3O4. The number of rotatable bonds is 10. The van der Waals surface area contributed by atoms with Gasteiger partial charge in [0, 0.05) is 35.8 Å². The summed E-state index contributed by atoms with van der Waals surface area (Å²) in [5.41, 5.74) is 1.09. The molecule has 0 heterocycles. The Hall–Kier alpha value is -2.77. The number of carbonyl (C=O) groups is 3. The zero-order valence-electron chi connectivity index (χ0n) is 16.5. The zero-order valence-corrected chi connectivity index (χ0v) is 18.0. The van der Waals surface area contributed by atoms with Crippen LogP contribution in [0.15, 0.2) is 42.5 Å². The summed E-state index contributed by atoms with van der Waals surface area (Å²) in [4.78, 5) is 35.5. The van der Waals surface area contributed by atoms with Crippen molar-refractivity contribution in [3.63, 3.8) is 0 Å². The van der Waals surface area contributed by atoms with Crippen LogP contribution >= 0.6 is 23.2 Å². The molecule has 0 unspecified atom stereocenters. The van der Waals surface area contributed by atoms with Crippen LogP contribution in [-0.4, -0.2) is 37.4 Å². The minimum absolute atomic E-state index is 0.0623. The lowest BCUT2D eigenvalue weighted by molar-refractivity contribution is -0.123. The van der Waals surface area contributed by atoms with Crippen LogP contribution in [0.2, 0.25) is 10.0 Å². The number of nitrogens with one attached hydrogen (secondary N) is 3. The topological polar surface area (TPSA) is 96.5 Å². The highest BCUT2D eigenvalue weighted by atomic mass is 35.5. The summed E-state index contributed by atoms with van der Waals surface area (Å²) >= 11 is 11.8. The SMILES string of the molecule is CCCC(=O)Nc1ccc(C(=O)NCCNC(=O)COc2ccc(Cl)cc2Cl)cc1. The van der Waals surface area contributed by atoms with Crippen molar-refractivity contribution in [3.05, 3.63) is 58.1 Å². The van der Waals surface area contributed by atoms with E-state index in [1.165, 1.54) is 6.07 Å². The predicted molar refractivity (Wildman–Crippen MR) is 117 cm³/mol. The maximum absolute atomic E-state index is 12.1. The Labute approximate surface area is 185 Å². The molecule has 3 N–H and O–H groups in total. The van der Waals surface area contributed by atoms with Gasteiger partial charge in [0.15, 0.2) is 6.61 Å². The van der Waals surface area contributed by atoms with Crippen molar-refractivity contribution in [3.8, 4) is 5.75 Å². The summed E-state index contributed by atoms with van der Waals surface area (Å²) in [5, 5.41) is 8.90. The van der Waals surface area contributed by atoms with Gasteiger partial charge in [-0.15, -0.1) is 0 Å². The van der Waals surface area contributed by atoms with E-state index in [1.54, 1.807) is 36.4 Å². The molecule has 0 spiro atoms. The molecule has 30 heavy (non-hydrogen) atoms. The number of ether oxygens (including phenoxy) is 1. The summed E-state index contributed by atoms with van der Waals surface area (Å²) in [6.45, 7) is 2.22. The number of benzene rings is 2. The van der Waals surface area contributed by atoms with E-state index < -0.39 is 0 Å². The Bertz CT molecular complexity index is 888. The number of hydrogen-bond acceptors (Lipinski definition) is 4. The van der Waals surface area contributed by atoms with Crippen molar-refractivity contribution in [1.29, 1.82) is 0 Å². The minimum Gasteiger partial charge on any atom is -0.482 e. The Morgan fingerprint density at radius 3 is 2.30 bits per heavy atom. The lowest BCUT2D eigenvalue weighted by Crippen LogP contribution is -2.36. The fourth-order valence-corrected chi connectivity index (χ4v) is 2.89. The summed E-state index contributed by atoms with van der Waals surface area (Å²) in [6.07, 6.45) is 1.22. The molecule has 0 bridgehead atoms. The maximum Gasteiger partial charge on any atom is 0.258 e. The first-order chi connectivity index (χ1) is 14.4. The molecule has 0 atom stereocenters. The quantitative estimate of drug-likeness (QED) is 0.480. The van der Waals surface area contributed by atoms with Gasteiger partial charge in [0.25, 0.3) is 11.8 Å². The minimum atomic E-state index is -0.345. The summed E-state index contributed by atoms with van der Waals surface area (Å²) in [7, 11) is 0. The smallest absolute Gasteiger partial charge is 0.258 e. The van der Waals surface area contributed by atoms with E-state index in [0.717, 1.165) is 6.42 Å². The molecular weight excluding hydrogens is 429 g/mol. The molecule has 0 saturated heterocycles. The van der Waals surface area contributed by atoms with E-state index in [-0.39, 0.29) is 37.4 Å². The largest absolute Gasteiger partial charge is 0.482 e. The van der Waals surface area contributed by atoms with Crippen molar-refractivity contribution in [2.24, 2.45) is 0 Å². The maximum atomic E-state index is 12.1. The van der Waals surface area contributed by atoms with E-state index in [4.69, 9.17) is 27.9 Å². The first kappa shape index (κ1) is 23.5. The highest BCUT2D eigenvalue weighted by Gasteiger charge is 2.08. The third-order valence-electron chi connectivity index (χ3n) is 3.89. The molecule has 2 aromatic rings. The van der Waals surface area contributed by atoms with Crippen molar-refractivity contribution in [2.75, 3.05) is 25.0 Å². The van der Waals surface area contributed by atoms with Gasteiger partial charge in [-0.3, -0.25) is 14.4 Å². The van der Waals surface area contributed by atoms with Crippen molar-refractivity contribution < 1.29 is 19.1 Å². The Kier molecular flexibility index (Phi) is 9.44. The van der Waals surface area contributed by atoms with Gasteiger partial charge in [-0.05, 0) is 48.9 Å². The third kappa shape index (κ3) is 7.93. The fourth-order valence-electron chi connectivity index (χ4n) is 2.42.